The zero-order chi connectivity index (χ0) is 16.8. The Morgan fingerprint density at radius 1 is 0.783 bits per heavy atom. The van der Waals surface area contributed by atoms with Gasteiger partial charge in [-0.2, -0.15) is 0 Å². The highest BCUT2D eigenvalue weighted by atomic mass is 15.1. The van der Waals surface area contributed by atoms with Crippen molar-refractivity contribution >= 4 is 6.08 Å². The van der Waals surface area contributed by atoms with Crippen LogP contribution in [-0.2, 0) is 6.42 Å². The molecule has 1 nitrogen and oxygen atoms in total. The van der Waals surface area contributed by atoms with Crippen molar-refractivity contribution in [3.8, 4) is 0 Å². The second-order valence-corrected chi connectivity index (χ2v) is 6.66. The van der Waals surface area contributed by atoms with E-state index in [1.54, 1.807) is 0 Å². The van der Waals surface area contributed by atoms with Gasteiger partial charge in [0.25, 0.3) is 0 Å². The van der Waals surface area contributed by atoms with Gasteiger partial charge in [0.05, 0.1) is 0 Å². The van der Waals surface area contributed by atoms with Gasteiger partial charge in [-0.15, -0.1) is 0 Å². The highest BCUT2D eigenvalue weighted by molar-refractivity contribution is 5.47. The minimum Gasteiger partial charge on any atom is -0.303 e. The summed E-state index contributed by atoms with van der Waals surface area (Å²) in [4.78, 5) is 2.69. The van der Waals surface area contributed by atoms with Crippen molar-refractivity contribution in [2.45, 2.75) is 71.6 Å². The van der Waals surface area contributed by atoms with Gasteiger partial charge in [0.15, 0.2) is 0 Å². The maximum atomic E-state index is 3.82. The fourth-order valence-corrected chi connectivity index (χ4v) is 2.97. The molecule has 0 saturated carbocycles. The van der Waals surface area contributed by atoms with Crippen molar-refractivity contribution in [2.24, 2.45) is 0 Å². The summed E-state index contributed by atoms with van der Waals surface area (Å²) in [6, 6.07) is 8.86. The van der Waals surface area contributed by atoms with E-state index in [9.17, 15) is 0 Å². The largest absolute Gasteiger partial charge is 0.303 e. The Morgan fingerprint density at radius 2 is 1.35 bits per heavy atom. The molecule has 0 aliphatic rings. The third-order valence-corrected chi connectivity index (χ3v) is 4.59. The van der Waals surface area contributed by atoms with Gasteiger partial charge in [-0.05, 0) is 43.5 Å². The van der Waals surface area contributed by atoms with Gasteiger partial charge in [-0.3, -0.25) is 0 Å². The van der Waals surface area contributed by atoms with E-state index in [4.69, 9.17) is 0 Å². The number of rotatable bonds is 14. The van der Waals surface area contributed by atoms with Crippen LogP contribution in [-0.4, -0.2) is 24.5 Å². The first-order valence-corrected chi connectivity index (χ1v) is 9.73. The molecule has 1 aromatic carbocycles. The second kappa shape index (κ2) is 13.4. The van der Waals surface area contributed by atoms with Crippen LogP contribution in [0.4, 0.5) is 0 Å². The van der Waals surface area contributed by atoms with Crippen molar-refractivity contribution < 1.29 is 0 Å². The van der Waals surface area contributed by atoms with Gasteiger partial charge >= 0.3 is 0 Å². The summed E-state index contributed by atoms with van der Waals surface area (Å²) in [7, 11) is 0. The van der Waals surface area contributed by atoms with Crippen molar-refractivity contribution in [1.82, 2.24) is 4.90 Å². The lowest BCUT2D eigenvalue weighted by Crippen LogP contribution is -2.28. The Labute approximate surface area is 144 Å². The van der Waals surface area contributed by atoms with Crippen LogP contribution in [0, 0.1) is 0 Å². The van der Waals surface area contributed by atoms with Crippen LogP contribution in [0.1, 0.15) is 76.3 Å². The Balaban J connectivity index is 2.37. The van der Waals surface area contributed by atoms with Crippen LogP contribution in [0.5, 0.6) is 0 Å². The van der Waals surface area contributed by atoms with Crippen LogP contribution in [0.3, 0.4) is 0 Å². The Hall–Kier alpha value is -1.08. The Morgan fingerprint density at radius 3 is 1.83 bits per heavy atom. The first-order chi connectivity index (χ1) is 11.3. The molecule has 1 heteroatoms. The molecule has 0 aromatic heterocycles. The van der Waals surface area contributed by atoms with E-state index in [2.05, 4.69) is 49.6 Å². The SMILES string of the molecule is C=Cc1ccc(CCN(CCCCCC)CCCCCC)cc1. The van der Waals surface area contributed by atoms with Gasteiger partial charge in [0.1, 0.15) is 0 Å². The number of hydrogen-bond donors (Lipinski definition) is 0. The predicted molar refractivity (Wildman–Crippen MR) is 105 cm³/mol. The molecule has 0 atom stereocenters. The minimum absolute atomic E-state index is 1.17. The summed E-state index contributed by atoms with van der Waals surface area (Å²) in [6.45, 7) is 12.1. The standard InChI is InChI=1S/C22H37N/c1-4-7-9-11-18-23(19-12-10-8-5-2)20-17-22-15-13-21(6-3)14-16-22/h6,13-16H,3-5,7-12,17-20H2,1-2H3. The lowest BCUT2D eigenvalue weighted by Gasteiger charge is -2.22. The fourth-order valence-electron chi connectivity index (χ4n) is 2.97. The molecule has 1 rings (SSSR count). The monoisotopic (exact) mass is 315 g/mol. The molecule has 0 aliphatic carbocycles. The molecule has 0 aliphatic heterocycles. The number of hydrogen-bond acceptors (Lipinski definition) is 1. The number of unbranched alkanes of at least 4 members (excludes halogenated alkanes) is 6. The average molecular weight is 316 g/mol. The predicted octanol–water partition coefficient (Wildman–Crippen LogP) is 6.33. The van der Waals surface area contributed by atoms with Crippen molar-refractivity contribution in [2.75, 3.05) is 19.6 Å². The summed E-state index contributed by atoms with van der Waals surface area (Å²) < 4.78 is 0. The van der Waals surface area contributed by atoms with E-state index in [0.29, 0.717) is 0 Å². The highest BCUT2D eigenvalue weighted by Gasteiger charge is 2.05. The quantitative estimate of drug-likeness (QED) is 0.362. The maximum absolute atomic E-state index is 3.82. The lowest BCUT2D eigenvalue weighted by atomic mass is 10.1. The molecule has 0 fully saturated rings. The summed E-state index contributed by atoms with van der Waals surface area (Å²) in [5.74, 6) is 0. The molecule has 0 unspecified atom stereocenters. The zero-order valence-electron chi connectivity index (χ0n) is 15.5. The first-order valence-electron chi connectivity index (χ1n) is 9.73. The van der Waals surface area contributed by atoms with E-state index in [1.807, 2.05) is 6.08 Å². The molecule has 0 saturated heterocycles. The van der Waals surface area contributed by atoms with E-state index >= 15 is 0 Å². The molecule has 0 bridgehead atoms. The highest BCUT2D eigenvalue weighted by Crippen LogP contribution is 2.09. The molecule has 0 amide bonds. The van der Waals surface area contributed by atoms with Crippen LogP contribution >= 0.6 is 0 Å². The van der Waals surface area contributed by atoms with E-state index in [-0.39, 0.29) is 0 Å². The molecule has 23 heavy (non-hydrogen) atoms. The van der Waals surface area contributed by atoms with Gasteiger partial charge in [-0.1, -0.05) is 89.3 Å². The number of nitrogens with zero attached hydrogens (tertiary/aromatic N) is 1. The summed E-state index contributed by atoms with van der Waals surface area (Å²) >= 11 is 0. The summed E-state index contributed by atoms with van der Waals surface area (Å²) in [5.41, 5.74) is 2.66. The molecule has 130 valence electrons. The Kier molecular flexibility index (Phi) is 11.6. The molecule has 0 heterocycles. The van der Waals surface area contributed by atoms with E-state index < -0.39 is 0 Å². The van der Waals surface area contributed by atoms with E-state index in [0.717, 1.165) is 0 Å². The minimum atomic E-state index is 1.17. The van der Waals surface area contributed by atoms with Gasteiger partial charge in [-0.25, -0.2) is 0 Å². The van der Waals surface area contributed by atoms with Crippen LogP contribution in [0.2, 0.25) is 0 Å². The molecular weight excluding hydrogens is 278 g/mol. The van der Waals surface area contributed by atoms with Gasteiger partial charge in [0.2, 0.25) is 0 Å². The van der Waals surface area contributed by atoms with E-state index in [1.165, 1.54) is 88.5 Å². The second-order valence-electron chi connectivity index (χ2n) is 6.66. The third-order valence-electron chi connectivity index (χ3n) is 4.59. The summed E-state index contributed by atoms with van der Waals surface area (Å²) in [6.07, 6.45) is 14.0. The first kappa shape index (κ1) is 20.0. The van der Waals surface area contributed by atoms with Gasteiger partial charge in [0, 0.05) is 6.54 Å². The third kappa shape index (κ3) is 9.61. The smallest absolute Gasteiger partial charge is 0.00218 e. The van der Waals surface area contributed by atoms with Crippen molar-refractivity contribution in [1.29, 1.82) is 0 Å². The summed E-state index contributed by atoms with van der Waals surface area (Å²) in [5, 5.41) is 0. The maximum Gasteiger partial charge on any atom is 0.00218 e. The van der Waals surface area contributed by atoms with Crippen LogP contribution < -0.4 is 0 Å². The zero-order valence-corrected chi connectivity index (χ0v) is 15.5. The van der Waals surface area contributed by atoms with Crippen molar-refractivity contribution in [3.63, 3.8) is 0 Å². The molecule has 1 aromatic rings. The van der Waals surface area contributed by atoms with Gasteiger partial charge < -0.3 is 4.90 Å². The molecular formula is C22H37N. The van der Waals surface area contributed by atoms with Crippen LogP contribution in [0.15, 0.2) is 30.8 Å². The van der Waals surface area contributed by atoms with Crippen LogP contribution in [0.25, 0.3) is 6.08 Å². The molecule has 0 radical (unpaired) electrons. The normalized spacial score (nSPS) is 11.1. The lowest BCUT2D eigenvalue weighted by molar-refractivity contribution is 0.264. The molecule has 0 N–H and O–H groups in total. The number of benzene rings is 1. The Bertz CT molecular complexity index is 381. The topological polar surface area (TPSA) is 3.24 Å². The van der Waals surface area contributed by atoms with Crippen molar-refractivity contribution in [3.05, 3.63) is 42.0 Å². The average Bonchev–Trinajstić information content (AvgIpc) is 2.60. The fraction of sp³-hybridized carbons (Fsp3) is 0.636. The molecule has 0 spiro atoms.